The Morgan fingerprint density at radius 2 is 2.00 bits per heavy atom. The Morgan fingerprint density at radius 1 is 1.29 bits per heavy atom. The second kappa shape index (κ2) is 5.85. The van der Waals surface area contributed by atoms with E-state index in [0.29, 0.717) is 17.9 Å². The van der Waals surface area contributed by atoms with Crippen molar-refractivity contribution in [3.05, 3.63) is 0 Å². The normalized spacial score (nSPS) is 36.6. The Hall–Kier alpha value is -0.570. The summed E-state index contributed by atoms with van der Waals surface area (Å²) in [5.41, 5.74) is 5.67. The molecule has 17 heavy (non-hydrogen) atoms. The third-order valence-electron chi connectivity index (χ3n) is 4.46. The molecule has 0 heterocycles. The maximum absolute atomic E-state index is 12.1. The van der Waals surface area contributed by atoms with Crippen molar-refractivity contribution in [1.29, 1.82) is 0 Å². The van der Waals surface area contributed by atoms with Crippen LogP contribution in [0.5, 0.6) is 0 Å². The molecule has 2 atom stereocenters. The van der Waals surface area contributed by atoms with Crippen LogP contribution in [0.4, 0.5) is 0 Å². The molecule has 0 spiro atoms. The van der Waals surface area contributed by atoms with E-state index in [2.05, 4.69) is 12.2 Å². The van der Waals surface area contributed by atoms with Crippen LogP contribution in [0.2, 0.25) is 0 Å². The van der Waals surface area contributed by atoms with E-state index in [-0.39, 0.29) is 5.92 Å². The molecule has 98 valence electrons. The molecule has 0 saturated heterocycles. The average Bonchev–Trinajstić information content (AvgIpc) is 3.08. The molecule has 0 aromatic heterocycles. The highest BCUT2D eigenvalue weighted by Gasteiger charge is 2.38. The number of carbonyl (C=O) groups is 1. The molecule has 3 heteroatoms. The van der Waals surface area contributed by atoms with Crippen molar-refractivity contribution in [3.8, 4) is 0 Å². The lowest BCUT2D eigenvalue weighted by molar-refractivity contribution is -0.126. The molecule has 2 aliphatic rings. The molecule has 2 aliphatic carbocycles. The van der Waals surface area contributed by atoms with E-state index >= 15 is 0 Å². The van der Waals surface area contributed by atoms with Crippen LogP contribution in [-0.2, 0) is 4.79 Å². The highest BCUT2D eigenvalue weighted by atomic mass is 16.2. The quantitative estimate of drug-likeness (QED) is 0.770. The van der Waals surface area contributed by atoms with Crippen LogP contribution in [-0.4, -0.2) is 18.5 Å². The van der Waals surface area contributed by atoms with Gasteiger partial charge in [-0.1, -0.05) is 13.3 Å². The van der Waals surface area contributed by atoms with Crippen LogP contribution >= 0.6 is 0 Å². The fourth-order valence-corrected chi connectivity index (χ4v) is 3.08. The van der Waals surface area contributed by atoms with Gasteiger partial charge in [0.1, 0.15) is 0 Å². The van der Waals surface area contributed by atoms with Crippen molar-refractivity contribution in [2.75, 3.05) is 6.54 Å². The maximum Gasteiger partial charge on any atom is 0.223 e. The Bertz CT molecular complexity index is 259. The molecular weight excluding hydrogens is 212 g/mol. The second-order valence-corrected chi connectivity index (χ2v) is 5.85. The first-order chi connectivity index (χ1) is 8.24. The second-order valence-electron chi connectivity index (χ2n) is 5.85. The van der Waals surface area contributed by atoms with E-state index in [9.17, 15) is 4.79 Å². The first kappa shape index (κ1) is 12.9. The molecule has 1 amide bonds. The zero-order valence-corrected chi connectivity index (χ0v) is 11.0. The molecular formula is C14H26N2O. The van der Waals surface area contributed by atoms with E-state index in [4.69, 9.17) is 5.73 Å². The zero-order chi connectivity index (χ0) is 12.3. The minimum absolute atomic E-state index is 0.265. The van der Waals surface area contributed by atoms with Gasteiger partial charge in [-0.25, -0.2) is 0 Å². The molecule has 2 fully saturated rings. The summed E-state index contributed by atoms with van der Waals surface area (Å²) < 4.78 is 0. The number of rotatable bonds is 5. The molecule has 2 rings (SSSR count). The molecule has 2 unspecified atom stereocenters. The van der Waals surface area contributed by atoms with Crippen LogP contribution in [0.25, 0.3) is 0 Å². The summed E-state index contributed by atoms with van der Waals surface area (Å²) in [4.78, 5) is 12.1. The lowest BCUT2D eigenvalue weighted by Gasteiger charge is -2.26. The van der Waals surface area contributed by atoms with Gasteiger partial charge in [0.2, 0.25) is 5.91 Å². The SMILES string of the molecule is CCCC1CC1NC(=O)C1CCC(CN)CC1. The summed E-state index contributed by atoms with van der Waals surface area (Å²) >= 11 is 0. The lowest BCUT2D eigenvalue weighted by atomic mass is 9.81. The van der Waals surface area contributed by atoms with Crippen LogP contribution in [0.15, 0.2) is 0 Å². The topological polar surface area (TPSA) is 55.1 Å². The molecule has 2 saturated carbocycles. The van der Waals surface area contributed by atoms with E-state index in [1.165, 1.54) is 19.3 Å². The van der Waals surface area contributed by atoms with Crippen LogP contribution < -0.4 is 11.1 Å². The predicted octanol–water partition coefficient (Wildman–Crippen LogP) is 2.06. The van der Waals surface area contributed by atoms with Gasteiger partial charge in [0.15, 0.2) is 0 Å². The summed E-state index contributed by atoms with van der Waals surface area (Å²) in [7, 11) is 0. The maximum atomic E-state index is 12.1. The minimum atomic E-state index is 0.265. The van der Waals surface area contributed by atoms with Gasteiger partial charge in [-0.3, -0.25) is 4.79 Å². The standard InChI is InChI=1S/C14H26N2O/c1-2-3-12-8-13(12)16-14(17)11-6-4-10(9-15)5-7-11/h10-13H,2-9,15H2,1H3,(H,16,17). The Morgan fingerprint density at radius 3 is 2.59 bits per heavy atom. The van der Waals surface area contributed by atoms with Crippen molar-refractivity contribution < 1.29 is 4.79 Å². The first-order valence-electron chi connectivity index (χ1n) is 7.25. The van der Waals surface area contributed by atoms with Gasteiger partial charge in [0.05, 0.1) is 0 Å². The van der Waals surface area contributed by atoms with Crippen molar-refractivity contribution >= 4 is 5.91 Å². The number of hydrogen-bond acceptors (Lipinski definition) is 2. The van der Waals surface area contributed by atoms with Crippen molar-refractivity contribution in [2.45, 2.75) is 57.9 Å². The van der Waals surface area contributed by atoms with Crippen molar-refractivity contribution in [2.24, 2.45) is 23.5 Å². The van der Waals surface area contributed by atoms with Gasteiger partial charge in [0, 0.05) is 12.0 Å². The fourth-order valence-electron chi connectivity index (χ4n) is 3.08. The molecule has 0 bridgehead atoms. The zero-order valence-electron chi connectivity index (χ0n) is 11.0. The molecule has 3 N–H and O–H groups in total. The van der Waals surface area contributed by atoms with Gasteiger partial charge in [-0.05, 0) is 56.9 Å². The summed E-state index contributed by atoms with van der Waals surface area (Å²) in [6.07, 6.45) is 8.06. The predicted molar refractivity (Wildman–Crippen MR) is 69.4 cm³/mol. The molecule has 0 aromatic carbocycles. The van der Waals surface area contributed by atoms with Gasteiger partial charge >= 0.3 is 0 Å². The van der Waals surface area contributed by atoms with Crippen LogP contribution in [0.3, 0.4) is 0 Å². The summed E-state index contributed by atoms with van der Waals surface area (Å²) in [5.74, 6) is 2.00. The third kappa shape index (κ3) is 3.44. The number of amides is 1. The van der Waals surface area contributed by atoms with Gasteiger partial charge < -0.3 is 11.1 Å². The highest BCUT2D eigenvalue weighted by Crippen LogP contribution is 2.35. The van der Waals surface area contributed by atoms with Gasteiger partial charge in [0.25, 0.3) is 0 Å². The van der Waals surface area contributed by atoms with Crippen molar-refractivity contribution in [3.63, 3.8) is 0 Å². The molecule has 3 nitrogen and oxygen atoms in total. The number of nitrogens with two attached hydrogens (primary N) is 1. The Labute approximate surface area is 105 Å². The summed E-state index contributed by atoms with van der Waals surface area (Å²) in [5, 5.41) is 3.22. The Balaban J connectivity index is 1.67. The van der Waals surface area contributed by atoms with Gasteiger partial charge in [-0.2, -0.15) is 0 Å². The molecule has 0 radical (unpaired) electrons. The van der Waals surface area contributed by atoms with Gasteiger partial charge in [-0.15, -0.1) is 0 Å². The number of hydrogen-bond donors (Lipinski definition) is 2. The van der Waals surface area contributed by atoms with E-state index < -0.39 is 0 Å². The largest absolute Gasteiger partial charge is 0.353 e. The Kier molecular flexibility index (Phi) is 4.43. The third-order valence-corrected chi connectivity index (χ3v) is 4.46. The van der Waals surface area contributed by atoms with Crippen LogP contribution in [0, 0.1) is 17.8 Å². The highest BCUT2D eigenvalue weighted by molar-refractivity contribution is 5.79. The van der Waals surface area contributed by atoms with E-state index in [1.807, 2.05) is 0 Å². The molecule has 0 aromatic rings. The average molecular weight is 238 g/mol. The summed E-state index contributed by atoms with van der Waals surface area (Å²) in [6.45, 7) is 3.00. The smallest absolute Gasteiger partial charge is 0.223 e. The monoisotopic (exact) mass is 238 g/mol. The molecule has 0 aliphatic heterocycles. The van der Waals surface area contributed by atoms with Crippen molar-refractivity contribution in [1.82, 2.24) is 5.32 Å². The lowest BCUT2D eigenvalue weighted by Crippen LogP contribution is -2.36. The fraction of sp³-hybridized carbons (Fsp3) is 0.929. The van der Waals surface area contributed by atoms with Crippen LogP contribution in [0.1, 0.15) is 51.9 Å². The number of carbonyl (C=O) groups excluding carboxylic acids is 1. The van der Waals surface area contributed by atoms with E-state index in [1.54, 1.807) is 0 Å². The summed E-state index contributed by atoms with van der Waals surface area (Å²) in [6, 6.07) is 0.495. The van der Waals surface area contributed by atoms with E-state index in [0.717, 1.165) is 38.1 Å². The minimum Gasteiger partial charge on any atom is -0.353 e. The number of nitrogens with one attached hydrogen (secondary N) is 1. The first-order valence-corrected chi connectivity index (χ1v) is 7.25.